The molecule has 0 bridgehead atoms. The van der Waals surface area contributed by atoms with Crippen LogP contribution in [0, 0.1) is 5.92 Å². The zero-order valence-electron chi connectivity index (χ0n) is 14.7. The van der Waals surface area contributed by atoms with Gasteiger partial charge in [0.2, 0.25) is 0 Å². The molecule has 0 radical (unpaired) electrons. The van der Waals surface area contributed by atoms with Crippen molar-refractivity contribution in [2.75, 3.05) is 13.1 Å². The van der Waals surface area contributed by atoms with Gasteiger partial charge in [-0.2, -0.15) is 5.10 Å². The average molecular weight is 351 g/mol. The van der Waals surface area contributed by atoms with Crippen LogP contribution in [0.25, 0.3) is 0 Å². The van der Waals surface area contributed by atoms with Crippen molar-refractivity contribution in [3.05, 3.63) is 35.9 Å². The van der Waals surface area contributed by atoms with Crippen molar-refractivity contribution in [2.24, 2.45) is 11.0 Å². The highest BCUT2D eigenvalue weighted by Gasteiger charge is 2.57. The Hall–Kier alpha value is -1.06. The lowest BCUT2D eigenvalue weighted by Gasteiger charge is -2.18. The van der Waals surface area contributed by atoms with Crippen molar-refractivity contribution >= 4 is 18.6 Å². The number of rotatable bonds is 3. The molecule has 4 rings (SSSR count). The highest BCUT2D eigenvalue weighted by atomic mass is 35.5. The third-order valence-electron chi connectivity index (χ3n) is 5.48. The summed E-state index contributed by atoms with van der Waals surface area (Å²) in [5, 5.41) is 15.2. The average Bonchev–Trinajstić information content (AvgIpc) is 3.22. The quantitative estimate of drug-likeness (QED) is 0.877. The Balaban J connectivity index is 0.000000168. The standard InChI is InChI=1S/C12H14.C8H16N2O.ClH/c1-2-5-10(6-3-1)12-8-4-7-11(12)9-12;1-8(11)7-10-6-4-2-3-5-9-10;/h1-3,5-6,11H,4,7-9H2;5,8,11H,2-4,6-7H2,1H3;1H. The van der Waals surface area contributed by atoms with Crippen molar-refractivity contribution in [1.29, 1.82) is 0 Å². The van der Waals surface area contributed by atoms with Crippen LogP contribution in [0.5, 0.6) is 0 Å². The topological polar surface area (TPSA) is 35.8 Å². The van der Waals surface area contributed by atoms with Crippen LogP contribution >= 0.6 is 12.4 Å². The lowest BCUT2D eigenvalue weighted by Crippen LogP contribution is -2.26. The first kappa shape index (κ1) is 19.3. The van der Waals surface area contributed by atoms with Crippen LogP contribution in [0.15, 0.2) is 35.4 Å². The summed E-state index contributed by atoms with van der Waals surface area (Å²) in [6.45, 7) is 3.44. The van der Waals surface area contributed by atoms with Gasteiger partial charge < -0.3 is 5.11 Å². The molecule has 2 fully saturated rings. The minimum absolute atomic E-state index is 0. The molecular weight excluding hydrogens is 320 g/mol. The number of aliphatic hydroxyl groups is 1. The number of benzene rings is 1. The van der Waals surface area contributed by atoms with E-state index in [4.69, 9.17) is 5.11 Å². The van der Waals surface area contributed by atoms with Crippen LogP contribution in [0.1, 0.15) is 57.4 Å². The van der Waals surface area contributed by atoms with E-state index in [-0.39, 0.29) is 18.5 Å². The fourth-order valence-electron chi connectivity index (χ4n) is 4.20. The van der Waals surface area contributed by atoms with E-state index in [0.29, 0.717) is 12.0 Å². The molecule has 2 aliphatic carbocycles. The summed E-state index contributed by atoms with van der Waals surface area (Å²) >= 11 is 0. The molecule has 0 saturated heterocycles. The van der Waals surface area contributed by atoms with Crippen molar-refractivity contribution in [1.82, 2.24) is 5.01 Å². The minimum Gasteiger partial charge on any atom is -0.392 e. The van der Waals surface area contributed by atoms with Gasteiger partial charge in [-0.15, -0.1) is 12.4 Å². The van der Waals surface area contributed by atoms with E-state index in [1.54, 1.807) is 12.5 Å². The fraction of sp³-hybridized carbons (Fsp3) is 0.650. The first-order valence-corrected chi connectivity index (χ1v) is 9.22. The molecule has 3 unspecified atom stereocenters. The number of hydrazone groups is 1. The summed E-state index contributed by atoms with van der Waals surface area (Å²) in [5.74, 6) is 1.04. The molecule has 134 valence electrons. The molecule has 1 aromatic rings. The van der Waals surface area contributed by atoms with Crippen LogP contribution in [0.2, 0.25) is 0 Å². The van der Waals surface area contributed by atoms with Gasteiger partial charge in [0.05, 0.1) is 12.6 Å². The number of nitrogens with zero attached hydrogens (tertiary/aromatic N) is 2. The maximum atomic E-state index is 9.08. The van der Waals surface area contributed by atoms with Gasteiger partial charge in [0.25, 0.3) is 0 Å². The number of halogens is 1. The Morgan fingerprint density at radius 2 is 2.04 bits per heavy atom. The molecule has 2 saturated carbocycles. The van der Waals surface area contributed by atoms with E-state index in [0.717, 1.165) is 18.9 Å². The third kappa shape index (κ3) is 4.73. The lowest BCUT2D eigenvalue weighted by molar-refractivity contribution is 0.129. The summed E-state index contributed by atoms with van der Waals surface area (Å²) in [5.41, 5.74) is 2.26. The summed E-state index contributed by atoms with van der Waals surface area (Å²) in [4.78, 5) is 0. The Labute approximate surface area is 152 Å². The lowest BCUT2D eigenvalue weighted by atomic mass is 9.94. The van der Waals surface area contributed by atoms with Crippen LogP contribution < -0.4 is 0 Å². The normalized spacial score (nSPS) is 28.8. The smallest absolute Gasteiger partial charge is 0.0703 e. The van der Waals surface area contributed by atoms with Gasteiger partial charge in [0, 0.05) is 12.8 Å². The molecule has 3 nitrogen and oxygen atoms in total. The predicted molar refractivity (Wildman–Crippen MR) is 103 cm³/mol. The number of aliphatic hydroxyl groups excluding tert-OH is 1. The summed E-state index contributed by atoms with van der Waals surface area (Å²) in [7, 11) is 0. The second-order valence-electron chi connectivity index (χ2n) is 7.37. The molecule has 24 heavy (non-hydrogen) atoms. The number of fused-ring (bicyclic) bond motifs is 1. The van der Waals surface area contributed by atoms with Gasteiger partial charge in [0.15, 0.2) is 0 Å². The van der Waals surface area contributed by atoms with E-state index >= 15 is 0 Å². The third-order valence-corrected chi connectivity index (χ3v) is 5.48. The van der Waals surface area contributed by atoms with E-state index in [1.165, 1.54) is 38.5 Å². The molecule has 1 N–H and O–H groups in total. The van der Waals surface area contributed by atoms with E-state index in [1.807, 2.05) is 11.2 Å². The Bertz CT molecular complexity index is 520. The highest BCUT2D eigenvalue weighted by Crippen LogP contribution is 2.64. The molecule has 1 aromatic carbocycles. The Kier molecular flexibility index (Phi) is 7.12. The van der Waals surface area contributed by atoms with E-state index in [2.05, 4.69) is 35.4 Å². The van der Waals surface area contributed by atoms with Crippen molar-refractivity contribution < 1.29 is 5.11 Å². The van der Waals surface area contributed by atoms with Gasteiger partial charge in [-0.25, -0.2) is 0 Å². The summed E-state index contributed by atoms with van der Waals surface area (Å²) in [6.07, 6.45) is 11.0. The van der Waals surface area contributed by atoms with Crippen LogP contribution in [0.4, 0.5) is 0 Å². The molecule has 0 spiro atoms. The predicted octanol–water partition coefficient (Wildman–Crippen LogP) is 4.39. The molecular formula is C20H31ClN2O. The summed E-state index contributed by atoms with van der Waals surface area (Å²) in [6, 6.07) is 11.1. The van der Waals surface area contributed by atoms with Gasteiger partial charge in [0.1, 0.15) is 0 Å². The van der Waals surface area contributed by atoms with Gasteiger partial charge >= 0.3 is 0 Å². The second kappa shape index (κ2) is 8.87. The first-order valence-electron chi connectivity index (χ1n) is 9.22. The molecule has 3 aliphatic rings. The number of hydrogen-bond donors (Lipinski definition) is 1. The van der Waals surface area contributed by atoms with Gasteiger partial charge in [-0.3, -0.25) is 5.01 Å². The van der Waals surface area contributed by atoms with Crippen LogP contribution in [-0.4, -0.2) is 35.5 Å². The van der Waals surface area contributed by atoms with Crippen LogP contribution in [-0.2, 0) is 5.41 Å². The Morgan fingerprint density at radius 1 is 1.25 bits per heavy atom. The first-order chi connectivity index (χ1) is 11.2. The molecule has 4 heteroatoms. The fourth-order valence-corrected chi connectivity index (χ4v) is 4.20. The largest absolute Gasteiger partial charge is 0.392 e. The molecule has 0 aromatic heterocycles. The van der Waals surface area contributed by atoms with Crippen LogP contribution in [0.3, 0.4) is 0 Å². The SMILES string of the molecule is CC(O)CN1CCCCC=N1.Cl.c1ccc(C23CCCC2C3)cc1. The second-order valence-corrected chi connectivity index (χ2v) is 7.37. The minimum atomic E-state index is -0.273. The number of β-amino-alcohol motifs (C(OH)–C–C–N with tert-alkyl or cyclic N) is 1. The highest BCUT2D eigenvalue weighted by molar-refractivity contribution is 5.85. The van der Waals surface area contributed by atoms with Crippen molar-refractivity contribution in [2.45, 2.75) is 63.4 Å². The maximum Gasteiger partial charge on any atom is 0.0703 e. The van der Waals surface area contributed by atoms with E-state index < -0.39 is 0 Å². The van der Waals surface area contributed by atoms with Gasteiger partial charge in [-0.1, -0.05) is 36.8 Å². The maximum absolute atomic E-state index is 9.08. The molecule has 1 heterocycles. The molecule has 3 atom stereocenters. The van der Waals surface area contributed by atoms with Crippen molar-refractivity contribution in [3.63, 3.8) is 0 Å². The van der Waals surface area contributed by atoms with E-state index in [9.17, 15) is 0 Å². The number of hydrogen-bond acceptors (Lipinski definition) is 3. The summed E-state index contributed by atoms with van der Waals surface area (Å²) < 4.78 is 0. The zero-order chi connectivity index (χ0) is 16.1. The zero-order valence-corrected chi connectivity index (χ0v) is 15.5. The molecule has 1 aliphatic heterocycles. The Morgan fingerprint density at radius 3 is 2.67 bits per heavy atom. The molecule has 0 amide bonds. The van der Waals surface area contributed by atoms with Gasteiger partial charge in [-0.05, 0) is 62.3 Å². The monoisotopic (exact) mass is 350 g/mol. The van der Waals surface area contributed by atoms with Crippen molar-refractivity contribution in [3.8, 4) is 0 Å².